The molecule has 0 amide bonds. The summed E-state index contributed by atoms with van der Waals surface area (Å²) in [7, 11) is 0. The fourth-order valence-electron chi connectivity index (χ4n) is 1.27. The number of hydrogen-bond acceptors (Lipinski definition) is 2. The van der Waals surface area contributed by atoms with Gasteiger partial charge in [0.2, 0.25) is 0 Å². The van der Waals surface area contributed by atoms with E-state index in [2.05, 4.69) is 12.2 Å². The van der Waals surface area contributed by atoms with Gasteiger partial charge in [-0.15, -0.1) is 0 Å². The number of anilines is 2. The van der Waals surface area contributed by atoms with Crippen LogP contribution in [-0.2, 0) is 0 Å². The summed E-state index contributed by atoms with van der Waals surface area (Å²) in [4.78, 5) is 0. The summed E-state index contributed by atoms with van der Waals surface area (Å²) in [6, 6.07) is 5.51. The van der Waals surface area contributed by atoms with Gasteiger partial charge in [0.05, 0.1) is 11.4 Å². The highest BCUT2D eigenvalue weighted by atomic mass is 35.5. The van der Waals surface area contributed by atoms with E-state index in [1.54, 1.807) is 6.07 Å². The molecule has 0 aromatic heterocycles. The number of nitrogen functional groups attached to an aromatic ring is 1. The van der Waals surface area contributed by atoms with Crippen LogP contribution in [-0.4, -0.2) is 5.54 Å². The molecule has 13 heavy (non-hydrogen) atoms. The van der Waals surface area contributed by atoms with E-state index in [1.807, 2.05) is 12.1 Å². The summed E-state index contributed by atoms with van der Waals surface area (Å²) in [5, 5.41) is 4.12. The molecule has 1 fully saturated rings. The van der Waals surface area contributed by atoms with Gasteiger partial charge in [0.15, 0.2) is 0 Å². The lowest BCUT2D eigenvalue weighted by molar-refractivity contribution is 0.830. The fourth-order valence-corrected chi connectivity index (χ4v) is 1.45. The van der Waals surface area contributed by atoms with Gasteiger partial charge in [0.25, 0.3) is 0 Å². The quantitative estimate of drug-likeness (QED) is 0.714. The summed E-state index contributed by atoms with van der Waals surface area (Å²) >= 11 is 5.87. The Hall–Kier alpha value is -0.890. The Morgan fingerprint density at radius 3 is 2.77 bits per heavy atom. The van der Waals surface area contributed by atoms with E-state index in [0.29, 0.717) is 0 Å². The van der Waals surface area contributed by atoms with E-state index >= 15 is 0 Å². The molecule has 1 aliphatic rings. The zero-order valence-corrected chi connectivity index (χ0v) is 8.36. The summed E-state index contributed by atoms with van der Waals surface area (Å²) < 4.78 is 0. The highest BCUT2D eigenvalue weighted by Crippen LogP contribution is 2.39. The minimum absolute atomic E-state index is 0.249. The molecule has 1 aliphatic carbocycles. The third-order valence-corrected chi connectivity index (χ3v) is 2.69. The summed E-state index contributed by atoms with van der Waals surface area (Å²) in [6.45, 7) is 2.19. The lowest BCUT2D eigenvalue weighted by Crippen LogP contribution is -2.16. The van der Waals surface area contributed by atoms with Crippen molar-refractivity contribution in [3.8, 4) is 0 Å². The first-order valence-corrected chi connectivity index (χ1v) is 4.80. The second-order valence-electron chi connectivity index (χ2n) is 3.92. The van der Waals surface area contributed by atoms with Crippen LogP contribution >= 0.6 is 11.6 Å². The maximum absolute atomic E-state index is 5.87. The topological polar surface area (TPSA) is 38.0 Å². The second-order valence-corrected chi connectivity index (χ2v) is 4.35. The Balaban J connectivity index is 2.23. The Morgan fingerprint density at radius 1 is 1.46 bits per heavy atom. The van der Waals surface area contributed by atoms with E-state index in [0.717, 1.165) is 16.4 Å². The second kappa shape index (κ2) is 2.81. The third-order valence-electron chi connectivity index (χ3n) is 2.45. The van der Waals surface area contributed by atoms with Crippen molar-refractivity contribution in [2.45, 2.75) is 25.3 Å². The molecule has 2 rings (SSSR count). The maximum atomic E-state index is 5.87. The van der Waals surface area contributed by atoms with Crippen LogP contribution in [0.2, 0.25) is 5.02 Å². The van der Waals surface area contributed by atoms with Crippen molar-refractivity contribution >= 4 is 23.0 Å². The van der Waals surface area contributed by atoms with Gasteiger partial charge >= 0.3 is 0 Å². The average molecular weight is 197 g/mol. The van der Waals surface area contributed by atoms with Gasteiger partial charge in [-0.25, -0.2) is 0 Å². The molecule has 0 atom stereocenters. The van der Waals surface area contributed by atoms with Crippen LogP contribution in [0.15, 0.2) is 18.2 Å². The van der Waals surface area contributed by atoms with E-state index in [4.69, 9.17) is 17.3 Å². The lowest BCUT2D eigenvalue weighted by atomic mass is 10.2. The minimum atomic E-state index is 0.249. The highest BCUT2D eigenvalue weighted by Gasteiger charge is 2.37. The molecule has 0 heterocycles. The van der Waals surface area contributed by atoms with Crippen molar-refractivity contribution in [2.75, 3.05) is 11.1 Å². The molecule has 2 nitrogen and oxygen atoms in total. The number of hydrogen-bond donors (Lipinski definition) is 2. The van der Waals surface area contributed by atoms with Gasteiger partial charge in [-0.3, -0.25) is 0 Å². The number of nitrogens with two attached hydrogens (primary N) is 1. The van der Waals surface area contributed by atoms with Crippen LogP contribution in [0, 0.1) is 0 Å². The number of halogens is 1. The van der Waals surface area contributed by atoms with Gasteiger partial charge in [-0.1, -0.05) is 11.6 Å². The van der Waals surface area contributed by atoms with Gasteiger partial charge in [-0.05, 0) is 38.0 Å². The summed E-state index contributed by atoms with van der Waals surface area (Å²) in [5.74, 6) is 0. The molecule has 3 N–H and O–H groups in total. The normalized spacial score (nSPS) is 18.3. The number of rotatable bonds is 2. The van der Waals surface area contributed by atoms with Gasteiger partial charge < -0.3 is 11.1 Å². The van der Waals surface area contributed by atoms with E-state index < -0.39 is 0 Å². The van der Waals surface area contributed by atoms with Gasteiger partial charge in [0, 0.05) is 10.6 Å². The summed E-state index contributed by atoms with van der Waals surface area (Å²) in [5.41, 5.74) is 7.77. The van der Waals surface area contributed by atoms with Crippen LogP contribution < -0.4 is 11.1 Å². The molecule has 1 aromatic rings. The van der Waals surface area contributed by atoms with Crippen LogP contribution in [0.25, 0.3) is 0 Å². The molecule has 0 spiro atoms. The molecule has 70 valence electrons. The SMILES string of the molecule is CC1(Nc2cc(Cl)ccc2N)CC1. The van der Waals surface area contributed by atoms with Crippen LogP contribution in [0.4, 0.5) is 11.4 Å². The molecule has 0 unspecified atom stereocenters. The predicted octanol–water partition coefficient (Wildman–Crippen LogP) is 2.89. The van der Waals surface area contributed by atoms with Crippen molar-refractivity contribution in [3.63, 3.8) is 0 Å². The Labute approximate surface area is 83.1 Å². The van der Waals surface area contributed by atoms with Crippen LogP contribution in [0.5, 0.6) is 0 Å². The minimum Gasteiger partial charge on any atom is -0.397 e. The zero-order valence-electron chi connectivity index (χ0n) is 7.60. The Morgan fingerprint density at radius 2 is 2.15 bits per heavy atom. The largest absolute Gasteiger partial charge is 0.397 e. The molecule has 3 heteroatoms. The molecule has 0 aliphatic heterocycles. The summed E-state index contributed by atoms with van der Waals surface area (Å²) in [6.07, 6.45) is 2.41. The van der Waals surface area contributed by atoms with Crippen molar-refractivity contribution in [3.05, 3.63) is 23.2 Å². The molecule has 1 aromatic carbocycles. The smallest absolute Gasteiger partial charge is 0.0593 e. The zero-order chi connectivity index (χ0) is 9.47. The van der Waals surface area contributed by atoms with E-state index in [9.17, 15) is 0 Å². The van der Waals surface area contributed by atoms with E-state index in [1.165, 1.54) is 12.8 Å². The first-order chi connectivity index (χ1) is 6.09. The molecular weight excluding hydrogens is 184 g/mol. The van der Waals surface area contributed by atoms with Crippen LogP contribution in [0.1, 0.15) is 19.8 Å². The molecular formula is C10H13ClN2. The monoisotopic (exact) mass is 196 g/mol. The first-order valence-electron chi connectivity index (χ1n) is 4.42. The van der Waals surface area contributed by atoms with Crippen molar-refractivity contribution in [1.82, 2.24) is 0 Å². The maximum Gasteiger partial charge on any atom is 0.0593 e. The molecule has 0 saturated heterocycles. The average Bonchev–Trinajstić information content (AvgIpc) is 2.76. The lowest BCUT2D eigenvalue weighted by Gasteiger charge is -2.15. The Bertz CT molecular complexity index is 332. The highest BCUT2D eigenvalue weighted by molar-refractivity contribution is 6.31. The first kappa shape index (κ1) is 8.70. The van der Waals surface area contributed by atoms with Crippen molar-refractivity contribution in [2.24, 2.45) is 0 Å². The van der Waals surface area contributed by atoms with Gasteiger partial charge in [0.1, 0.15) is 0 Å². The van der Waals surface area contributed by atoms with Gasteiger partial charge in [-0.2, -0.15) is 0 Å². The number of nitrogens with one attached hydrogen (secondary N) is 1. The standard InChI is InChI=1S/C10H13ClN2/c1-10(4-5-10)13-9-6-7(11)2-3-8(9)12/h2-3,6,13H,4-5,12H2,1H3. The van der Waals surface area contributed by atoms with Crippen molar-refractivity contribution < 1.29 is 0 Å². The molecule has 0 radical (unpaired) electrons. The molecule has 1 saturated carbocycles. The Kier molecular flexibility index (Phi) is 1.88. The fraction of sp³-hybridized carbons (Fsp3) is 0.400. The van der Waals surface area contributed by atoms with Crippen LogP contribution in [0.3, 0.4) is 0 Å². The van der Waals surface area contributed by atoms with Crippen molar-refractivity contribution in [1.29, 1.82) is 0 Å². The third kappa shape index (κ3) is 1.89. The predicted molar refractivity (Wildman–Crippen MR) is 57.1 cm³/mol. The number of benzene rings is 1. The van der Waals surface area contributed by atoms with E-state index in [-0.39, 0.29) is 5.54 Å². The molecule has 0 bridgehead atoms.